The maximum atomic E-state index is 12.6. The molecule has 134 valence electrons. The molecule has 0 aliphatic carbocycles. The zero-order valence-corrected chi connectivity index (χ0v) is 15.5. The molecule has 0 aromatic carbocycles. The molecule has 1 rings (SSSR count). The summed E-state index contributed by atoms with van der Waals surface area (Å²) in [5.41, 5.74) is 9.90. The molecule has 0 aromatic rings. The Hall–Kier alpha value is -0.600. The van der Waals surface area contributed by atoms with Crippen molar-refractivity contribution in [3.63, 3.8) is 0 Å². The average molecular weight is 365 g/mol. The third-order valence-corrected chi connectivity index (χ3v) is 6.36. The van der Waals surface area contributed by atoms with Crippen LogP contribution in [0.3, 0.4) is 0 Å². The number of piperidine rings is 1. The van der Waals surface area contributed by atoms with Gasteiger partial charge in [-0.1, -0.05) is 6.92 Å². The van der Waals surface area contributed by atoms with Crippen molar-refractivity contribution in [3.8, 4) is 0 Å². The summed E-state index contributed by atoms with van der Waals surface area (Å²) in [7, 11) is -2.58. The van der Waals surface area contributed by atoms with Crippen LogP contribution in [0.5, 0.6) is 0 Å². The van der Waals surface area contributed by atoms with Gasteiger partial charge in [0.25, 0.3) is 5.91 Å². The quantitative estimate of drug-likeness (QED) is 0.275. The summed E-state index contributed by atoms with van der Waals surface area (Å²) in [6, 6.07) is 0. The number of nitrogens with two attached hydrogens (primary N) is 2. The summed E-state index contributed by atoms with van der Waals surface area (Å²) in [5.74, 6) is -0.698. The first-order valence-corrected chi connectivity index (χ1v) is 10.6. The van der Waals surface area contributed by atoms with Gasteiger partial charge in [-0.2, -0.15) is 0 Å². The van der Waals surface area contributed by atoms with E-state index in [9.17, 15) is 14.2 Å². The van der Waals surface area contributed by atoms with Crippen molar-refractivity contribution in [1.82, 2.24) is 15.7 Å². The van der Waals surface area contributed by atoms with Crippen molar-refractivity contribution in [2.75, 3.05) is 19.3 Å². The summed E-state index contributed by atoms with van der Waals surface area (Å²) in [6.07, 6.45) is 3.98. The van der Waals surface area contributed by atoms with Gasteiger partial charge in [0, 0.05) is 19.5 Å². The molecule has 0 radical (unpaired) electrons. The molecule has 7 N–H and O–H groups in total. The Morgan fingerprint density at radius 1 is 1.61 bits per heavy atom. The second kappa shape index (κ2) is 9.64. The van der Waals surface area contributed by atoms with Gasteiger partial charge in [-0.3, -0.25) is 9.59 Å². The minimum absolute atomic E-state index is 0.120. The minimum Gasteiger partial charge on any atom is -0.355 e. The fourth-order valence-electron chi connectivity index (χ4n) is 2.33. The molecule has 10 heteroatoms. The van der Waals surface area contributed by atoms with Gasteiger partial charge in [-0.25, -0.2) is 5.09 Å². The van der Waals surface area contributed by atoms with E-state index >= 15 is 0 Å². The lowest BCUT2D eigenvalue weighted by atomic mass is 10.1. The zero-order valence-electron chi connectivity index (χ0n) is 13.7. The molecule has 1 fully saturated rings. The summed E-state index contributed by atoms with van der Waals surface area (Å²) < 4.78 is 12.6. The Balaban J connectivity index is 2.83. The lowest BCUT2D eigenvalue weighted by Crippen LogP contribution is -2.64. The van der Waals surface area contributed by atoms with Gasteiger partial charge in [0.15, 0.2) is 5.66 Å². The lowest BCUT2D eigenvalue weighted by Gasteiger charge is -2.33. The lowest BCUT2D eigenvalue weighted by molar-refractivity contribution is -0.127. The molecule has 1 heterocycles. The number of carbonyl (C=O) groups is 2. The molecule has 8 nitrogen and oxygen atoms in total. The van der Waals surface area contributed by atoms with Gasteiger partial charge in [0.2, 0.25) is 5.91 Å². The van der Waals surface area contributed by atoms with Gasteiger partial charge in [0.05, 0.1) is 5.37 Å². The van der Waals surface area contributed by atoms with Gasteiger partial charge in [-0.15, -0.1) is 11.8 Å². The molecule has 2 amide bonds. The van der Waals surface area contributed by atoms with E-state index in [-0.39, 0.29) is 17.7 Å². The highest BCUT2D eigenvalue weighted by Crippen LogP contribution is 2.32. The van der Waals surface area contributed by atoms with Crippen LogP contribution in [0.1, 0.15) is 32.6 Å². The van der Waals surface area contributed by atoms with Crippen LogP contribution in [0, 0.1) is 0 Å². The number of carbonyl (C=O) groups excluding carboxylic acids is 2. The molecular formula is C13H28N5O3PS. The van der Waals surface area contributed by atoms with Gasteiger partial charge >= 0.3 is 0 Å². The number of amides is 2. The van der Waals surface area contributed by atoms with Crippen LogP contribution >= 0.6 is 19.7 Å². The second-order valence-electron chi connectivity index (χ2n) is 5.68. The Bertz CT molecular complexity index is 453. The monoisotopic (exact) mass is 365 g/mol. The SMILES string of the molecule is CCCNC(=O)C(N)(CC(N)SC)N[PH](=O)[C@H]1CCCNC1=O. The molecule has 0 saturated carbocycles. The van der Waals surface area contributed by atoms with E-state index in [1.54, 1.807) is 0 Å². The average Bonchev–Trinajstić information content (AvgIpc) is 2.52. The number of thioether (sulfide) groups is 1. The van der Waals surface area contributed by atoms with Crippen LogP contribution in [0.2, 0.25) is 0 Å². The summed E-state index contributed by atoms with van der Waals surface area (Å²) in [5, 5.41) is 7.74. The van der Waals surface area contributed by atoms with Crippen molar-refractivity contribution in [2.45, 2.75) is 49.3 Å². The highest BCUT2D eigenvalue weighted by Gasteiger charge is 2.39. The van der Waals surface area contributed by atoms with Crippen LogP contribution in [0.25, 0.3) is 0 Å². The van der Waals surface area contributed by atoms with Crippen molar-refractivity contribution in [3.05, 3.63) is 0 Å². The number of hydrogen-bond acceptors (Lipinski definition) is 6. The molecule has 1 aliphatic rings. The highest BCUT2D eigenvalue weighted by molar-refractivity contribution is 7.99. The van der Waals surface area contributed by atoms with Gasteiger partial charge in [0.1, 0.15) is 13.6 Å². The third kappa shape index (κ3) is 6.08. The first-order chi connectivity index (χ1) is 10.8. The van der Waals surface area contributed by atoms with Crippen LogP contribution in [-0.2, 0) is 14.2 Å². The van der Waals surface area contributed by atoms with E-state index in [1.807, 2.05) is 13.2 Å². The Labute approximate surface area is 142 Å². The minimum atomic E-state index is -2.58. The van der Waals surface area contributed by atoms with Crippen LogP contribution in [0.15, 0.2) is 0 Å². The maximum absolute atomic E-state index is 12.6. The summed E-state index contributed by atoms with van der Waals surface area (Å²) in [6.45, 7) is 2.99. The van der Waals surface area contributed by atoms with E-state index in [1.165, 1.54) is 11.8 Å². The van der Waals surface area contributed by atoms with Crippen LogP contribution in [0.4, 0.5) is 0 Å². The van der Waals surface area contributed by atoms with E-state index in [4.69, 9.17) is 11.5 Å². The smallest absolute Gasteiger partial charge is 0.255 e. The van der Waals surface area contributed by atoms with Gasteiger partial charge < -0.3 is 26.7 Å². The second-order valence-corrected chi connectivity index (χ2v) is 8.43. The molecule has 4 atom stereocenters. The number of nitrogens with one attached hydrogen (secondary N) is 3. The normalized spacial score (nSPS) is 23.5. The summed E-state index contributed by atoms with van der Waals surface area (Å²) in [4.78, 5) is 24.2. The van der Waals surface area contributed by atoms with Crippen molar-refractivity contribution < 1.29 is 14.2 Å². The molecule has 0 spiro atoms. The maximum Gasteiger partial charge on any atom is 0.255 e. The largest absolute Gasteiger partial charge is 0.355 e. The zero-order chi connectivity index (χ0) is 17.5. The molecular weight excluding hydrogens is 337 g/mol. The fourth-order valence-corrected chi connectivity index (χ4v) is 4.39. The van der Waals surface area contributed by atoms with E-state index in [2.05, 4.69) is 15.7 Å². The molecule has 1 saturated heterocycles. The molecule has 0 aromatic heterocycles. The van der Waals surface area contributed by atoms with Crippen LogP contribution in [-0.4, -0.2) is 47.9 Å². The van der Waals surface area contributed by atoms with E-state index in [0.717, 1.165) is 12.8 Å². The highest BCUT2D eigenvalue weighted by atomic mass is 32.2. The van der Waals surface area contributed by atoms with Crippen molar-refractivity contribution in [1.29, 1.82) is 0 Å². The van der Waals surface area contributed by atoms with Crippen LogP contribution < -0.4 is 27.2 Å². The molecule has 23 heavy (non-hydrogen) atoms. The predicted molar refractivity (Wildman–Crippen MR) is 94.5 cm³/mol. The number of rotatable bonds is 9. The molecule has 3 unspecified atom stereocenters. The van der Waals surface area contributed by atoms with Crippen molar-refractivity contribution in [2.24, 2.45) is 11.5 Å². The summed E-state index contributed by atoms with van der Waals surface area (Å²) >= 11 is 1.36. The van der Waals surface area contributed by atoms with Gasteiger partial charge in [-0.05, 0) is 25.5 Å². The predicted octanol–water partition coefficient (Wildman–Crippen LogP) is -0.452. The van der Waals surface area contributed by atoms with E-state index in [0.29, 0.717) is 19.5 Å². The Morgan fingerprint density at radius 3 is 2.87 bits per heavy atom. The molecule has 0 bridgehead atoms. The topological polar surface area (TPSA) is 139 Å². The molecule has 1 aliphatic heterocycles. The fraction of sp³-hybridized carbons (Fsp3) is 0.846. The first kappa shape index (κ1) is 20.4. The van der Waals surface area contributed by atoms with Crippen molar-refractivity contribution >= 4 is 31.5 Å². The number of hydrogen-bond donors (Lipinski definition) is 5. The Morgan fingerprint density at radius 2 is 2.30 bits per heavy atom. The standard InChI is InChI=1S/C13H28N5O3PS/c1-3-6-17-12(20)13(15,8-10(14)23-2)18-22(21)9-5-4-7-16-11(9)19/h9-10,22H,3-8,14-15H2,1-2H3,(H,16,19)(H,17,20)(H,18,21)/t9-,10?,13?/m0/s1. The van der Waals surface area contributed by atoms with E-state index < -0.39 is 25.2 Å². The Kier molecular flexibility index (Phi) is 8.57. The first-order valence-electron chi connectivity index (χ1n) is 7.79. The third-order valence-electron chi connectivity index (χ3n) is 3.71.